The monoisotopic (exact) mass is 538 g/mol. The Balaban J connectivity index is 1.28. The molecule has 2 fully saturated rings. The highest BCUT2D eigenvalue weighted by Crippen LogP contribution is 2.28. The quantitative estimate of drug-likeness (QED) is 0.355. The molecule has 0 radical (unpaired) electrons. The Bertz CT molecular complexity index is 1250. The zero-order valence-electron chi connectivity index (χ0n) is 20.3. The summed E-state index contributed by atoms with van der Waals surface area (Å²) in [4.78, 5) is 2.56. The summed E-state index contributed by atoms with van der Waals surface area (Å²) in [7, 11) is -6.97. The molecule has 0 saturated carbocycles. The van der Waals surface area contributed by atoms with Gasteiger partial charge in [-0.05, 0) is 67.6 Å². The third-order valence-electron chi connectivity index (χ3n) is 6.70. The molecule has 2 aliphatic heterocycles. The third kappa shape index (κ3) is 6.48. The van der Waals surface area contributed by atoms with E-state index < -0.39 is 26.2 Å². The first kappa shape index (κ1) is 26.7. The van der Waals surface area contributed by atoms with Crippen molar-refractivity contribution in [3.8, 4) is 5.75 Å². The molecule has 2 heterocycles. The van der Waals surface area contributed by atoms with E-state index in [4.69, 9.17) is 0 Å². The topological polar surface area (TPSA) is 139 Å². The number of sulfonamides is 2. The van der Waals surface area contributed by atoms with Gasteiger partial charge in [-0.3, -0.25) is 4.72 Å². The van der Waals surface area contributed by atoms with Crippen molar-refractivity contribution in [3.63, 3.8) is 0 Å². The average Bonchev–Trinajstić information content (AvgIpc) is 3.40. The predicted octanol–water partition coefficient (Wildman–Crippen LogP) is 1.84. The number of anilines is 2. The number of aliphatic hydroxyl groups excluding tert-OH is 1. The maximum Gasteiger partial charge on any atom is 0.243 e. The molecular weight excluding hydrogens is 504 g/mol. The second-order valence-electron chi connectivity index (χ2n) is 9.44. The second kappa shape index (κ2) is 10.9. The van der Waals surface area contributed by atoms with Crippen LogP contribution in [0.1, 0.15) is 37.4 Å². The van der Waals surface area contributed by atoms with E-state index >= 15 is 0 Å². The van der Waals surface area contributed by atoms with Crippen LogP contribution in [-0.4, -0.2) is 76.4 Å². The summed E-state index contributed by atoms with van der Waals surface area (Å²) in [5.74, 6) is -0.210. The normalized spacial score (nSPS) is 18.9. The summed E-state index contributed by atoms with van der Waals surface area (Å²) in [5, 5.41) is 23.8. The summed E-state index contributed by atoms with van der Waals surface area (Å²) in [6, 6.07) is 11.7. The Hall–Kier alpha value is -2.38. The van der Waals surface area contributed by atoms with E-state index in [-0.39, 0.29) is 24.0 Å². The molecule has 0 aliphatic carbocycles. The molecule has 2 aromatic carbocycles. The van der Waals surface area contributed by atoms with Crippen molar-refractivity contribution in [2.24, 2.45) is 0 Å². The van der Waals surface area contributed by atoms with Gasteiger partial charge in [-0.15, -0.1) is 0 Å². The van der Waals surface area contributed by atoms with E-state index in [1.54, 1.807) is 22.5 Å². The van der Waals surface area contributed by atoms with Crippen LogP contribution >= 0.6 is 0 Å². The highest BCUT2D eigenvalue weighted by Gasteiger charge is 2.27. The number of rotatable bonds is 9. The Morgan fingerprint density at radius 2 is 1.61 bits per heavy atom. The highest BCUT2D eigenvalue weighted by atomic mass is 32.2. The minimum atomic E-state index is -3.56. The van der Waals surface area contributed by atoms with Gasteiger partial charge >= 0.3 is 0 Å². The van der Waals surface area contributed by atoms with Crippen molar-refractivity contribution in [1.82, 2.24) is 9.62 Å². The standard InChI is InChI=1S/C24H34N4O6S2/c1-35(31,32)26-22-16-18(4-9-23(22)29)24(30)17-25-19-10-14-27(15-11-19)20-5-7-21(8-6-20)36(33,34)28-12-2-3-13-28/h4-9,16,19,24-26,29-30H,2-3,10-15,17H2,1H3/t24-/m0/s1. The minimum Gasteiger partial charge on any atom is -0.506 e. The molecule has 0 amide bonds. The van der Waals surface area contributed by atoms with E-state index in [2.05, 4.69) is 14.9 Å². The largest absolute Gasteiger partial charge is 0.506 e. The van der Waals surface area contributed by atoms with Gasteiger partial charge in [-0.25, -0.2) is 16.8 Å². The zero-order valence-corrected chi connectivity index (χ0v) is 21.9. The first-order valence-electron chi connectivity index (χ1n) is 12.1. The number of hydrogen-bond donors (Lipinski definition) is 4. The fourth-order valence-electron chi connectivity index (χ4n) is 4.69. The molecule has 0 bridgehead atoms. The van der Waals surface area contributed by atoms with E-state index in [1.165, 1.54) is 12.1 Å². The van der Waals surface area contributed by atoms with E-state index in [0.717, 1.165) is 50.7 Å². The Morgan fingerprint density at radius 1 is 0.972 bits per heavy atom. The van der Waals surface area contributed by atoms with Crippen molar-refractivity contribution >= 4 is 31.4 Å². The highest BCUT2D eigenvalue weighted by molar-refractivity contribution is 7.92. The van der Waals surface area contributed by atoms with Gasteiger partial charge in [-0.2, -0.15) is 4.31 Å². The summed E-state index contributed by atoms with van der Waals surface area (Å²) in [6.45, 7) is 3.06. The van der Waals surface area contributed by atoms with Crippen LogP contribution in [0.15, 0.2) is 47.4 Å². The van der Waals surface area contributed by atoms with E-state index in [9.17, 15) is 27.0 Å². The van der Waals surface area contributed by atoms with Crippen LogP contribution in [0, 0.1) is 0 Å². The molecule has 0 aromatic heterocycles. The van der Waals surface area contributed by atoms with Crippen LogP contribution < -0.4 is 14.9 Å². The van der Waals surface area contributed by atoms with Crippen LogP contribution in [0.5, 0.6) is 5.75 Å². The Labute approximate surface area is 213 Å². The number of hydrogen-bond acceptors (Lipinski definition) is 8. The molecule has 36 heavy (non-hydrogen) atoms. The lowest BCUT2D eigenvalue weighted by atomic mass is 10.0. The van der Waals surface area contributed by atoms with Gasteiger partial charge in [0, 0.05) is 44.5 Å². The summed E-state index contributed by atoms with van der Waals surface area (Å²) in [5.41, 5.74) is 1.51. The van der Waals surface area contributed by atoms with Crippen molar-refractivity contribution in [2.75, 3.05) is 48.6 Å². The molecule has 12 heteroatoms. The molecule has 0 unspecified atom stereocenters. The lowest BCUT2D eigenvalue weighted by Gasteiger charge is -2.34. The maximum absolute atomic E-state index is 12.7. The van der Waals surface area contributed by atoms with E-state index in [1.807, 2.05) is 12.1 Å². The molecule has 2 saturated heterocycles. The van der Waals surface area contributed by atoms with Gasteiger partial charge in [-0.1, -0.05) is 6.07 Å². The minimum absolute atomic E-state index is 0.0293. The van der Waals surface area contributed by atoms with Gasteiger partial charge in [0.05, 0.1) is 22.9 Å². The van der Waals surface area contributed by atoms with Crippen LogP contribution in [0.2, 0.25) is 0 Å². The number of piperidine rings is 1. The predicted molar refractivity (Wildman–Crippen MR) is 139 cm³/mol. The second-order valence-corrected chi connectivity index (χ2v) is 13.1. The molecule has 10 nitrogen and oxygen atoms in total. The van der Waals surface area contributed by atoms with Crippen molar-refractivity contribution in [3.05, 3.63) is 48.0 Å². The molecule has 198 valence electrons. The fraction of sp³-hybridized carbons (Fsp3) is 0.500. The number of nitrogens with zero attached hydrogens (tertiary/aromatic N) is 2. The first-order valence-corrected chi connectivity index (χ1v) is 15.4. The summed E-state index contributed by atoms with van der Waals surface area (Å²) < 4.78 is 52.2. The number of benzene rings is 2. The number of nitrogens with one attached hydrogen (secondary N) is 2. The number of aliphatic hydroxyl groups is 1. The lowest BCUT2D eigenvalue weighted by Crippen LogP contribution is -2.43. The van der Waals surface area contributed by atoms with Gasteiger partial charge in [0.15, 0.2) is 0 Å². The third-order valence-corrected chi connectivity index (χ3v) is 9.20. The molecule has 0 spiro atoms. The first-order chi connectivity index (χ1) is 17.0. The molecule has 4 N–H and O–H groups in total. The molecule has 2 aliphatic rings. The average molecular weight is 539 g/mol. The SMILES string of the molecule is CS(=O)(=O)Nc1cc([C@@H](O)CNC2CCN(c3ccc(S(=O)(=O)N4CCCC4)cc3)CC2)ccc1O. The van der Waals surface area contributed by atoms with Crippen LogP contribution in [0.4, 0.5) is 11.4 Å². The van der Waals surface area contributed by atoms with Crippen LogP contribution in [0.3, 0.4) is 0 Å². The van der Waals surface area contributed by atoms with Crippen LogP contribution in [-0.2, 0) is 20.0 Å². The molecule has 4 rings (SSSR count). The molecular formula is C24H34N4O6S2. The van der Waals surface area contributed by atoms with Crippen molar-refractivity contribution in [2.45, 2.75) is 42.7 Å². The van der Waals surface area contributed by atoms with E-state index in [0.29, 0.717) is 23.5 Å². The smallest absolute Gasteiger partial charge is 0.243 e. The van der Waals surface area contributed by atoms with Gasteiger partial charge in [0.25, 0.3) is 0 Å². The Morgan fingerprint density at radius 3 is 2.22 bits per heavy atom. The molecule has 1 atom stereocenters. The van der Waals surface area contributed by atoms with Crippen molar-refractivity contribution in [1.29, 1.82) is 0 Å². The number of phenolic OH excluding ortho intramolecular Hbond substituents is 1. The van der Waals surface area contributed by atoms with Gasteiger partial charge in [0.1, 0.15) is 5.75 Å². The summed E-state index contributed by atoms with van der Waals surface area (Å²) >= 11 is 0. The number of aromatic hydroxyl groups is 1. The molecule has 2 aromatic rings. The lowest BCUT2D eigenvalue weighted by molar-refractivity contribution is 0.167. The summed E-state index contributed by atoms with van der Waals surface area (Å²) in [6.07, 6.45) is 3.66. The maximum atomic E-state index is 12.7. The Kier molecular flexibility index (Phi) is 8.10. The van der Waals surface area contributed by atoms with Crippen LogP contribution in [0.25, 0.3) is 0 Å². The van der Waals surface area contributed by atoms with Gasteiger partial charge in [0.2, 0.25) is 20.0 Å². The number of phenols is 1. The fourth-order valence-corrected chi connectivity index (χ4v) is 6.77. The van der Waals surface area contributed by atoms with Gasteiger partial charge < -0.3 is 20.4 Å². The van der Waals surface area contributed by atoms with Crippen molar-refractivity contribution < 1.29 is 27.0 Å². The zero-order chi connectivity index (χ0) is 25.9.